The molecule has 0 N–H and O–H groups in total. The van der Waals surface area contributed by atoms with Gasteiger partial charge in [0.05, 0.1) is 13.7 Å². The Labute approximate surface area is 149 Å². The molecule has 4 heteroatoms. The van der Waals surface area contributed by atoms with Gasteiger partial charge >= 0.3 is 5.97 Å². The number of nitrogens with zero attached hydrogens (tertiary/aromatic N) is 1. The third kappa shape index (κ3) is 4.91. The van der Waals surface area contributed by atoms with Gasteiger partial charge in [-0.2, -0.15) is 0 Å². The molecule has 0 bridgehead atoms. The first-order valence-corrected chi connectivity index (χ1v) is 8.77. The summed E-state index contributed by atoms with van der Waals surface area (Å²) in [6, 6.07) is 21.3. The third-order valence-corrected chi connectivity index (χ3v) is 4.69. The van der Waals surface area contributed by atoms with Crippen LogP contribution in [0.4, 0.5) is 0 Å². The van der Waals surface area contributed by atoms with Gasteiger partial charge in [0.2, 0.25) is 0 Å². The van der Waals surface area contributed by atoms with E-state index in [0.29, 0.717) is 19.1 Å². The fourth-order valence-electron chi connectivity index (χ4n) is 3.29. The van der Waals surface area contributed by atoms with Gasteiger partial charge in [0.25, 0.3) is 0 Å². The van der Waals surface area contributed by atoms with Crippen molar-refractivity contribution in [2.45, 2.75) is 38.1 Å². The van der Waals surface area contributed by atoms with Gasteiger partial charge in [-0.25, -0.2) is 4.79 Å². The van der Waals surface area contributed by atoms with E-state index in [1.54, 1.807) is 0 Å². The fraction of sp³-hybridized carbons (Fsp3) is 0.381. The molecule has 132 valence electrons. The summed E-state index contributed by atoms with van der Waals surface area (Å²) in [6.07, 6.45) is 1.22. The van der Waals surface area contributed by atoms with E-state index in [0.717, 1.165) is 19.5 Å². The summed E-state index contributed by atoms with van der Waals surface area (Å²) in [4.78, 5) is 14.1. The highest BCUT2D eigenvalue weighted by Gasteiger charge is 2.30. The molecule has 1 fully saturated rings. The maximum Gasteiger partial charge on any atom is 0.334 e. The predicted molar refractivity (Wildman–Crippen MR) is 96.9 cm³/mol. The molecule has 0 radical (unpaired) electrons. The van der Waals surface area contributed by atoms with Gasteiger partial charge < -0.3 is 9.47 Å². The van der Waals surface area contributed by atoms with Gasteiger partial charge in [-0.15, -0.1) is 0 Å². The van der Waals surface area contributed by atoms with E-state index in [4.69, 9.17) is 9.47 Å². The van der Waals surface area contributed by atoms with E-state index in [9.17, 15) is 4.79 Å². The molecule has 0 spiro atoms. The van der Waals surface area contributed by atoms with Crippen LogP contribution in [0.25, 0.3) is 0 Å². The van der Waals surface area contributed by atoms with Crippen molar-refractivity contribution in [2.75, 3.05) is 13.7 Å². The molecule has 0 aliphatic carbocycles. The average molecular weight is 339 g/mol. The van der Waals surface area contributed by atoms with E-state index >= 15 is 0 Å². The van der Waals surface area contributed by atoms with Crippen molar-refractivity contribution in [3.8, 4) is 0 Å². The molecular weight excluding hydrogens is 314 g/mol. The standard InChI is InChI=1S/C21H25NO3/c1-24-21(23)20-13-12-19(16-25-20)22(14-17-8-4-2-5-9-17)15-18-10-6-3-7-11-18/h2-11,19-20H,12-16H2,1H3/t19-,20+/m0/s1. The van der Waals surface area contributed by atoms with Crippen LogP contribution in [0.1, 0.15) is 24.0 Å². The first kappa shape index (κ1) is 17.6. The number of hydrogen-bond acceptors (Lipinski definition) is 4. The Hall–Kier alpha value is -2.17. The number of carbonyl (C=O) groups excluding carboxylic acids is 1. The van der Waals surface area contributed by atoms with Crippen LogP contribution in [0.5, 0.6) is 0 Å². The zero-order valence-corrected chi connectivity index (χ0v) is 14.6. The lowest BCUT2D eigenvalue weighted by Gasteiger charge is -2.36. The monoisotopic (exact) mass is 339 g/mol. The van der Waals surface area contributed by atoms with Gasteiger partial charge in [-0.1, -0.05) is 60.7 Å². The van der Waals surface area contributed by atoms with E-state index in [-0.39, 0.29) is 5.97 Å². The number of carbonyl (C=O) groups is 1. The molecule has 2 aromatic carbocycles. The minimum Gasteiger partial charge on any atom is -0.467 e. The first-order valence-electron chi connectivity index (χ1n) is 8.77. The predicted octanol–water partition coefficient (Wildman–Crippen LogP) is 3.41. The minimum atomic E-state index is -0.420. The smallest absolute Gasteiger partial charge is 0.334 e. The summed E-state index contributed by atoms with van der Waals surface area (Å²) in [5, 5.41) is 0. The largest absolute Gasteiger partial charge is 0.467 e. The van der Waals surface area contributed by atoms with E-state index < -0.39 is 6.10 Å². The normalized spacial score (nSPS) is 20.4. The Kier molecular flexibility index (Phi) is 6.20. The molecule has 0 amide bonds. The highest BCUT2D eigenvalue weighted by Crippen LogP contribution is 2.23. The average Bonchev–Trinajstić information content (AvgIpc) is 2.68. The Morgan fingerprint density at radius 3 is 2.00 bits per heavy atom. The van der Waals surface area contributed by atoms with Gasteiger partial charge in [0, 0.05) is 19.1 Å². The van der Waals surface area contributed by atoms with Crippen LogP contribution >= 0.6 is 0 Å². The Balaban J connectivity index is 1.69. The molecule has 0 saturated carbocycles. The van der Waals surface area contributed by atoms with Crippen LogP contribution in [0, 0.1) is 0 Å². The van der Waals surface area contributed by atoms with Gasteiger partial charge in [-0.3, -0.25) is 4.90 Å². The lowest BCUT2D eigenvalue weighted by Crippen LogP contribution is -2.44. The number of hydrogen-bond donors (Lipinski definition) is 0. The number of benzene rings is 2. The van der Waals surface area contributed by atoms with E-state index in [1.807, 2.05) is 12.1 Å². The molecule has 1 saturated heterocycles. The summed E-state index contributed by atoms with van der Waals surface area (Å²) in [5.74, 6) is -0.267. The van der Waals surface area contributed by atoms with Crippen LogP contribution in [-0.2, 0) is 27.4 Å². The summed E-state index contributed by atoms with van der Waals surface area (Å²) >= 11 is 0. The highest BCUT2D eigenvalue weighted by molar-refractivity contribution is 5.74. The first-order chi connectivity index (χ1) is 12.3. The van der Waals surface area contributed by atoms with Gasteiger partial charge in [-0.05, 0) is 24.0 Å². The highest BCUT2D eigenvalue weighted by atomic mass is 16.6. The Morgan fingerprint density at radius 2 is 1.56 bits per heavy atom. The van der Waals surface area contributed by atoms with Crippen molar-refractivity contribution in [3.05, 3.63) is 71.8 Å². The van der Waals surface area contributed by atoms with Crippen molar-refractivity contribution < 1.29 is 14.3 Å². The number of esters is 1. The lowest BCUT2D eigenvalue weighted by molar-refractivity contribution is -0.159. The summed E-state index contributed by atoms with van der Waals surface area (Å²) in [5.41, 5.74) is 2.57. The second-order valence-corrected chi connectivity index (χ2v) is 6.45. The Morgan fingerprint density at radius 1 is 1.00 bits per heavy atom. The third-order valence-electron chi connectivity index (χ3n) is 4.69. The van der Waals surface area contributed by atoms with Crippen LogP contribution in [0.2, 0.25) is 0 Å². The lowest BCUT2D eigenvalue weighted by atomic mass is 10.0. The van der Waals surface area contributed by atoms with Crippen molar-refractivity contribution in [1.29, 1.82) is 0 Å². The van der Waals surface area contributed by atoms with Crippen LogP contribution in [0.3, 0.4) is 0 Å². The molecule has 1 aliphatic rings. The van der Waals surface area contributed by atoms with Crippen LogP contribution in [-0.4, -0.2) is 36.7 Å². The van der Waals surface area contributed by atoms with E-state index in [2.05, 4.69) is 53.4 Å². The van der Waals surface area contributed by atoms with E-state index in [1.165, 1.54) is 18.2 Å². The van der Waals surface area contributed by atoms with Crippen LogP contribution in [0.15, 0.2) is 60.7 Å². The molecule has 0 aromatic heterocycles. The Bertz CT molecular complexity index is 610. The SMILES string of the molecule is COC(=O)[C@H]1CC[C@H](N(Cc2ccccc2)Cc2ccccc2)CO1. The minimum absolute atomic E-state index is 0.267. The molecule has 2 aromatic rings. The second-order valence-electron chi connectivity index (χ2n) is 6.45. The molecule has 25 heavy (non-hydrogen) atoms. The molecule has 1 aliphatic heterocycles. The van der Waals surface area contributed by atoms with Crippen LogP contribution < -0.4 is 0 Å². The zero-order chi connectivity index (χ0) is 17.5. The van der Waals surface area contributed by atoms with Crippen molar-refractivity contribution in [1.82, 2.24) is 4.90 Å². The molecule has 0 unspecified atom stereocenters. The summed E-state index contributed by atoms with van der Waals surface area (Å²) in [6.45, 7) is 2.29. The maximum absolute atomic E-state index is 11.7. The fourth-order valence-corrected chi connectivity index (χ4v) is 3.29. The van der Waals surface area contributed by atoms with Gasteiger partial charge in [0.1, 0.15) is 0 Å². The molecule has 2 atom stereocenters. The zero-order valence-electron chi connectivity index (χ0n) is 14.6. The van der Waals surface area contributed by atoms with Gasteiger partial charge in [0.15, 0.2) is 6.10 Å². The molecular formula is C21H25NO3. The number of ether oxygens (including phenoxy) is 2. The molecule has 3 rings (SSSR count). The second kappa shape index (κ2) is 8.79. The summed E-state index contributed by atoms with van der Waals surface area (Å²) in [7, 11) is 1.41. The molecule has 1 heterocycles. The topological polar surface area (TPSA) is 38.8 Å². The quantitative estimate of drug-likeness (QED) is 0.756. The van der Waals surface area contributed by atoms with Crippen molar-refractivity contribution >= 4 is 5.97 Å². The number of rotatable bonds is 6. The van der Waals surface area contributed by atoms with Crippen molar-refractivity contribution in [3.63, 3.8) is 0 Å². The van der Waals surface area contributed by atoms with Crippen molar-refractivity contribution in [2.24, 2.45) is 0 Å². The maximum atomic E-state index is 11.7. The molecule has 4 nitrogen and oxygen atoms in total. The number of methoxy groups -OCH3 is 1. The summed E-state index contributed by atoms with van der Waals surface area (Å²) < 4.78 is 10.6.